The van der Waals surface area contributed by atoms with E-state index in [1.807, 2.05) is 0 Å². The Bertz CT molecular complexity index is 174. The highest BCUT2D eigenvalue weighted by molar-refractivity contribution is 6.33. The Kier molecular flexibility index (Phi) is 1.06. The van der Waals surface area contributed by atoms with Gasteiger partial charge in [0.15, 0.2) is 0 Å². The molecule has 0 radical (unpaired) electrons. The van der Waals surface area contributed by atoms with E-state index in [0.717, 1.165) is 0 Å². The lowest BCUT2D eigenvalue weighted by molar-refractivity contribution is 1.42. The number of nitrogens with two attached hydrogens (primary N) is 2. The molecular formula is C4H6ClN3. The Balaban J connectivity index is 3.19. The molecule has 0 saturated carbocycles. The topological polar surface area (TPSA) is 67.8 Å². The van der Waals surface area contributed by atoms with Gasteiger partial charge in [0.1, 0.15) is 5.82 Å². The summed E-state index contributed by atoms with van der Waals surface area (Å²) in [5.41, 5.74) is 11.0. The molecule has 5 N–H and O–H groups in total. The third-order valence-electron chi connectivity index (χ3n) is 0.902. The van der Waals surface area contributed by atoms with Gasteiger partial charge in [0.2, 0.25) is 0 Å². The second-order valence-corrected chi connectivity index (χ2v) is 1.87. The van der Waals surface area contributed by atoms with Crippen molar-refractivity contribution in [3.8, 4) is 0 Å². The number of hydrogen-bond acceptors (Lipinski definition) is 2. The van der Waals surface area contributed by atoms with Crippen LogP contribution in [0.25, 0.3) is 0 Å². The quantitative estimate of drug-likeness (QED) is 0.488. The van der Waals surface area contributed by atoms with E-state index >= 15 is 0 Å². The van der Waals surface area contributed by atoms with Gasteiger partial charge in [-0.05, 0) is 0 Å². The van der Waals surface area contributed by atoms with Crippen LogP contribution in [0.2, 0.25) is 5.02 Å². The summed E-state index contributed by atoms with van der Waals surface area (Å²) in [5.74, 6) is 0.426. The third-order valence-corrected chi connectivity index (χ3v) is 1.21. The van der Waals surface area contributed by atoms with Crippen molar-refractivity contribution in [1.29, 1.82) is 0 Å². The molecule has 0 aliphatic rings. The molecule has 1 aromatic heterocycles. The molecule has 0 unspecified atom stereocenters. The van der Waals surface area contributed by atoms with Crippen LogP contribution in [0.3, 0.4) is 0 Å². The zero-order chi connectivity index (χ0) is 6.15. The minimum Gasteiger partial charge on any atom is -0.395 e. The molecule has 1 heterocycles. The number of anilines is 2. The van der Waals surface area contributed by atoms with E-state index in [1.54, 1.807) is 6.20 Å². The van der Waals surface area contributed by atoms with Crippen molar-refractivity contribution in [1.82, 2.24) is 4.98 Å². The normalized spacial score (nSPS) is 9.62. The number of halogens is 1. The van der Waals surface area contributed by atoms with Crippen LogP contribution in [0.1, 0.15) is 0 Å². The number of H-pyrrole nitrogens is 1. The fourth-order valence-corrected chi connectivity index (χ4v) is 0.582. The van der Waals surface area contributed by atoms with E-state index in [2.05, 4.69) is 4.98 Å². The Morgan fingerprint density at radius 1 is 1.50 bits per heavy atom. The Hall–Kier alpha value is -0.830. The van der Waals surface area contributed by atoms with Crippen LogP contribution < -0.4 is 11.5 Å². The molecular weight excluding hydrogens is 126 g/mol. The molecule has 0 aliphatic heterocycles. The van der Waals surface area contributed by atoms with Gasteiger partial charge in [-0.25, -0.2) is 0 Å². The predicted molar refractivity (Wildman–Crippen MR) is 34.6 cm³/mol. The maximum absolute atomic E-state index is 5.49. The predicted octanol–water partition coefficient (Wildman–Crippen LogP) is 0.833. The van der Waals surface area contributed by atoms with Gasteiger partial charge in [-0.15, -0.1) is 0 Å². The minimum absolute atomic E-state index is 0.423. The number of aromatic nitrogens is 1. The Morgan fingerprint density at radius 2 is 2.12 bits per heavy atom. The molecule has 8 heavy (non-hydrogen) atoms. The smallest absolute Gasteiger partial charge is 0.125 e. The summed E-state index contributed by atoms with van der Waals surface area (Å²) in [5, 5.41) is 0.475. The summed E-state index contributed by atoms with van der Waals surface area (Å²) in [6, 6.07) is 0. The van der Waals surface area contributed by atoms with E-state index in [0.29, 0.717) is 16.5 Å². The first kappa shape index (κ1) is 5.31. The van der Waals surface area contributed by atoms with Crippen molar-refractivity contribution < 1.29 is 0 Å². The third kappa shape index (κ3) is 0.607. The van der Waals surface area contributed by atoms with Gasteiger partial charge < -0.3 is 16.5 Å². The highest BCUT2D eigenvalue weighted by Crippen LogP contribution is 2.22. The zero-order valence-corrected chi connectivity index (χ0v) is 4.87. The van der Waals surface area contributed by atoms with Gasteiger partial charge in [-0.3, -0.25) is 0 Å². The second kappa shape index (κ2) is 1.59. The summed E-state index contributed by atoms with van der Waals surface area (Å²) in [6.07, 6.45) is 1.55. The van der Waals surface area contributed by atoms with Crippen molar-refractivity contribution in [3.63, 3.8) is 0 Å². The molecule has 0 aliphatic carbocycles. The average molecular weight is 132 g/mol. The molecule has 3 nitrogen and oxygen atoms in total. The van der Waals surface area contributed by atoms with Crippen LogP contribution in [-0.2, 0) is 0 Å². The van der Waals surface area contributed by atoms with Crippen LogP contribution in [0.5, 0.6) is 0 Å². The SMILES string of the molecule is Nc1[nH]cc(Cl)c1N. The van der Waals surface area contributed by atoms with E-state index in [-0.39, 0.29) is 0 Å². The number of rotatable bonds is 0. The molecule has 0 atom stereocenters. The summed E-state index contributed by atoms with van der Waals surface area (Å²) in [7, 11) is 0. The van der Waals surface area contributed by atoms with Crippen molar-refractivity contribution >= 4 is 23.1 Å². The first-order valence-corrected chi connectivity index (χ1v) is 2.47. The maximum atomic E-state index is 5.49. The fraction of sp³-hybridized carbons (Fsp3) is 0. The van der Waals surface area contributed by atoms with Crippen LogP contribution in [0, 0.1) is 0 Å². The van der Waals surface area contributed by atoms with Gasteiger partial charge >= 0.3 is 0 Å². The Labute approximate surface area is 51.6 Å². The van der Waals surface area contributed by atoms with Crippen molar-refractivity contribution in [3.05, 3.63) is 11.2 Å². The molecule has 0 aromatic carbocycles. The minimum atomic E-state index is 0.423. The van der Waals surface area contributed by atoms with E-state index in [4.69, 9.17) is 23.1 Å². The molecule has 1 aromatic rings. The number of aromatic amines is 1. The van der Waals surface area contributed by atoms with Crippen molar-refractivity contribution in [2.45, 2.75) is 0 Å². The van der Waals surface area contributed by atoms with Gasteiger partial charge in [0, 0.05) is 6.20 Å². The first-order valence-electron chi connectivity index (χ1n) is 2.09. The number of hydrogen-bond donors (Lipinski definition) is 3. The highest BCUT2D eigenvalue weighted by atomic mass is 35.5. The summed E-state index contributed by atoms with van der Waals surface area (Å²) < 4.78 is 0. The lowest BCUT2D eigenvalue weighted by atomic mass is 10.5. The van der Waals surface area contributed by atoms with Crippen molar-refractivity contribution in [2.75, 3.05) is 11.5 Å². The lowest BCUT2D eigenvalue weighted by Gasteiger charge is -1.86. The summed E-state index contributed by atoms with van der Waals surface area (Å²) in [6.45, 7) is 0. The fourth-order valence-electron chi connectivity index (χ4n) is 0.425. The molecule has 0 amide bonds. The van der Waals surface area contributed by atoms with Crippen LogP contribution >= 0.6 is 11.6 Å². The van der Waals surface area contributed by atoms with E-state index in [1.165, 1.54) is 0 Å². The van der Waals surface area contributed by atoms with Gasteiger partial charge in [-0.2, -0.15) is 0 Å². The van der Waals surface area contributed by atoms with Gasteiger partial charge in [0.25, 0.3) is 0 Å². The Morgan fingerprint density at radius 3 is 2.25 bits per heavy atom. The van der Waals surface area contributed by atoms with E-state index in [9.17, 15) is 0 Å². The first-order chi connectivity index (χ1) is 3.72. The van der Waals surface area contributed by atoms with Crippen molar-refractivity contribution in [2.24, 2.45) is 0 Å². The molecule has 0 fully saturated rings. The van der Waals surface area contributed by atoms with Gasteiger partial charge in [0.05, 0.1) is 10.7 Å². The summed E-state index contributed by atoms with van der Waals surface area (Å²) in [4.78, 5) is 2.66. The van der Waals surface area contributed by atoms with Crippen LogP contribution in [0.15, 0.2) is 6.20 Å². The van der Waals surface area contributed by atoms with E-state index < -0.39 is 0 Å². The number of nitrogens with one attached hydrogen (secondary N) is 1. The summed E-state index contributed by atoms with van der Waals surface area (Å²) >= 11 is 5.49. The zero-order valence-electron chi connectivity index (χ0n) is 4.11. The maximum Gasteiger partial charge on any atom is 0.125 e. The standard InChI is InChI=1S/C4H6ClN3/c5-2-1-8-4(7)3(2)6/h1,8H,6-7H2. The molecule has 44 valence electrons. The largest absolute Gasteiger partial charge is 0.395 e. The number of nitrogen functional groups attached to an aromatic ring is 2. The second-order valence-electron chi connectivity index (χ2n) is 1.46. The average Bonchev–Trinajstić information content (AvgIpc) is 1.98. The highest BCUT2D eigenvalue weighted by Gasteiger charge is 1.98. The van der Waals surface area contributed by atoms with Crippen LogP contribution in [-0.4, -0.2) is 4.98 Å². The molecule has 0 bridgehead atoms. The molecule has 4 heteroatoms. The molecule has 0 saturated heterocycles. The lowest BCUT2D eigenvalue weighted by Crippen LogP contribution is -1.90. The molecule has 0 spiro atoms. The monoisotopic (exact) mass is 131 g/mol. The molecule has 1 rings (SSSR count). The van der Waals surface area contributed by atoms with Gasteiger partial charge in [-0.1, -0.05) is 11.6 Å². The van der Waals surface area contributed by atoms with Crippen LogP contribution in [0.4, 0.5) is 11.5 Å².